The van der Waals surface area contributed by atoms with Crippen molar-refractivity contribution in [1.82, 2.24) is 26.2 Å². The molecular weight excluding hydrogens is 739 g/mol. The fourth-order valence-electron chi connectivity index (χ4n) is 7.76. The number of phenolic OH excluding ortho intramolecular Hbond substituents is 1. The Morgan fingerprint density at radius 1 is 1.00 bits per heavy atom. The quantitative estimate of drug-likeness (QED) is 0.107. The lowest BCUT2D eigenvalue weighted by Crippen LogP contribution is -2.59. The van der Waals surface area contributed by atoms with Crippen molar-refractivity contribution in [2.24, 2.45) is 29.2 Å². The molecule has 0 aliphatic carbocycles. The molecule has 2 bridgehead atoms. The Labute approximate surface area is 345 Å². The number of carbonyl (C=O) groups excluding carboxylic acids is 6. The molecule has 0 saturated carbocycles. The van der Waals surface area contributed by atoms with Crippen LogP contribution in [0.3, 0.4) is 0 Å². The molecule has 7 atom stereocenters. The largest absolute Gasteiger partial charge is 0.508 e. The van der Waals surface area contributed by atoms with Gasteiger partial charge in [-0.3, -0.25) is 28.8 Å². The molecule has 1 unspecified atom stereocenters. The molecule has 1 aromatic rings. The molecule has 2 heterocycles. The molecule has 0 spiro atoms. The van der Waals surface area contributed by atoms with Gasteiger partial charge < -0.3 is 42.7 Å². The number of nitrogens with zero attached hydrogens (tertiary/aromatic N) is 1. The standard InChI is InChI=1S/C44H71N7O7/c1-6-29(4)40(39(54)27-33(30(5)52)24-28(2)3)50-42(56)36-26-31-18-19-38(53)32(25-31)14-8-11-21-47-22-12-9-15-34(46)41(55)48-35(16-7-10-20-45)44(58)51-23-13-17-37(51)43(57)49-36/h8,11,18-19,25,28-29,33-37,40,47,53H,6-7,9-10,12-17,20-24,26-27,45-46H2,1-5H3,(H,48,55)(H,49,57)(H,50,56)/t29?,33-,34+,35+,36+,37+,40+/m1/s1. The maximum absolute atomic E-state index is 14.4. The average Bonchev–Trinajstić information content (AvgIpc) is 3.68. The summed E-state index contributed by atoms with van der Waals surface area (Å²) in [6.45, 7) is 11.3. The molecule has 2 aliphatic heterocycles. The van der Waals surface area contributed by atoms with Crippen LogP contribution < -0.4 is 32.7 Å². The van der Waals surface area contributed by atoms with Gasteiger partial charge in [0.2, 0.25) is 23.6 Å². The number of allylic oxidation sites excluding steroid dienone is 1. The number of rotatable bonds is 14. The van der Waals surface area contributed by atoms with E-state index >= 15 is 0 Å². The highest BCUT2D eigenvalue weighted by Crippen LogP contribution is 2.24. The molecule has 58 heavy (non-hydrogen) atoms. The third kappa shape index (κ3) is 15.2. The normalized spacial score (nSPS) is 23.3. The zero-order valence-corrected chi connectivity index (χ0v) is 35.5. The first-order valence-corrected chi connectivity index (χ1v) is 21.5. The number of hydrogen-bond donors (Lipinski definition) is 7. The third-order valence-corrected chi connectivity index (χ3v) is 11.5. The van der Waals surface area contributed by atoms with Gasteiger partial charge in [0, 0.05) is 31.8 Å². The van der Waals surface area contributed by atoms with Crippen LogP contribution in [0.1, 0.15) is 116 Å². The van der Waals surface area contributed by atoms with E-state index < -0.39 is 59.8 Å². The lowest BCUT2D eigenvalue weighted by atomic mass is 9.85. The van der Waals surface area contributed by atoms with Crippen LogP contribution in [0, 0.1) is 17.8 Å². The van der Waals surface area contributed by atoms with Gasteiger partial charge in [0.1, 0.15) is 29.7 Å². The number of ketones is 2. The van der Waals surface area contributed by atoms with Crippen molar-refractivity contribution in [1.29, 1.82) is 0 Å². The number of Topliss-reactive ketones (excluding diaryl/α,β-unsaturated/α-hetero) is 2. The highest BCUT2D eigenvalue weighted by atomic mass is 16.3. The summed E-state index contributed by atoms with van der Waals surface area (Å²) in [4.78, 5) is 84.0. The Balaban J connectivity index is 2.00. The Morgan fingerprint density at radius 3 is 2.45 bits per heavy atom. The van der Waals surface area contributed by atoms with Crippen LogP contribution in [0.25, 0.3) is 0 Å². The number of benzene rings is 1. The van der Waals surface area contributed by atoms with E-state index in [1.807, 2.05) is 39.8 Å². The zero-order chi connectivity index (χ0) is 42.8. The highest BCUT2D eigenvalue weighted by Gasteiger charge is 2.40. The lowest BCUT2D eigenvalue weighted by molar-refractivity contribution is -0.142. The van der Waals surface area contributed by atoms with Crippen LogP contribution in [0.5, 0.6) is 5.75 Å². The Hall–Kier alpha value is -4.14. The second-order valence-corrected chi connectivity index (χ2v) is 16.7. The minimum absolute atomic E-state index is 0.00276. The van der Waals surface area contributed by atoms with E-state index in [4.69, 9.17) is 11.5 Å². The molecule has 1 saturated heterocycles. The number of hydrogen-bond acceptors (Lipinski definition) is 10. The molecular formula is C44H71N7O7. The fourth-order valence-corrected chi connectivity index (χ4v) is 7.76. The molecule has 3 rings (SSSR count). The van der Waals surface area contributed by atoms with E-state index in [1.54, 1.807) is 18.2 Å². The van der Waals surface area contributed by atoms with E-state index in [2.05, 4.69) is 21.3 Å². The predicted molar refractivity (Wildman–Crippen MR) is 225 cm³/mol. The van der Waals surface area contributed by atoms with Gasteiger partial charge in [-0.15, -0.1) is 0 Å². The topological polar surface area (TPSA) is 226 Å². The molecule has 9 N–H and O–H groups in total. The average molecular weight is 810 g/mol. The minimum atomic E-state index is -1.15. The van der Waals surface area contributed by atoms with Crippen molar-refractivity contribution in [2.75, 3.05) is 26.2 Å². The summed E-state index contributed by atoms with van der Waals surface area (Å²) in [7, 11) is 0. The first-order chi connectivity index (χ1) is 27.7. The predicted octanol–water partition coefficient (Wildman–Crippen LogP) is 2.97. The van der Waals surface area contributed by atoms with Crippen molar-refractivity contribution in [3.05, 3.63) is 41.5 Å². The van der Waals surface area contributed by atoms with E-state index in [-0.39, 0.29) is 42.0 Å². The molecule has 2 aliphatic rings. The first-order valence-electron chi connectivity index (χ1n) is 21.5. The fraction of sp³-hybridized carbons (Fsp3) is 0.682. The van der Waals surface area contributed by atoms with Crippen LogP contribution in [0.2, 0.25) is 0 Å². The number of carbonyl (C=O) groups is 6. The molecule has 14 nitrogen and oxygen atoms in total. The summed E-state index contributed by atoms with van der Waals surface area (Å²) < 4.78 is 0. The van der Waals surface area contributed by atoms with Crippen LogP contribution >= 0.6 is 0 Å². The maximum Gasteiger partial charge on any atom is 0.245 e. The summed E-state index contributed by atoms with van der Waals surface area (Å²) in [6.07, 6.45) is 9.95. The van der Waals surface area contributed by atoms with Gasteiger partial charge in [-0.25, -0.2) is 0 Å². The maximum atomic E-state index is 14.4. The number of nitrogens with one attached hydrogen (secondary N) is 4. The van der Waals surface area contributed by atoms with Crippen LogP contribution in [0.4, 0.5) is 0 Å². The van der Waals surface area contributed by atoms with Gasteiger partial charge in [0.15, 0.2) is 5.78 Å². The van der Waals surface area contributed by atoms with Crippen molar-refractivity contribution < 1.29 is 33.9 Å². The van der Waals surface area contributed by atoms with E-state index in [0.29, 0.717) is 95.0 Å². The Kier molecular flexibility index (Phi) is 20.5. The SMILES string of the molecule is CCC(C)[C@H](NC(=O)[C@@H]1Cc2ccc(O)c(c2)CC=CCNCCCC[C@H](N)C(=O)N[C@@H](CCCCN)C(=O)N2CCC[C@H]2C(=O)N1)C(=O)C[C@@H](CC(C)C)C(C)=O. The lowest BCUT2D eigenvalue weighted by Gasteiger charge is -2.31. The summed E-state index contributed by atoms with van der Waals surface area (Å²) >= 11 is 0. The number of phenols is 1. The van der Waals surface area contributed by atoms with Crippen molar-refractivity contribution >= 4 is 35.2 Å². The molecule has 4 amide bonds. The summed E-state index contributed by atoms with van der Waals surface area (Å²) in [5, 5.41) is 22.8. The van der Waals surface area contributed by atoms with Crippen molar-refractivity contribution in [2.45, 2.75) is 148 Å². The third-order valence-electron chi connectivity index (χ3n) is 11.5. The van der Waals surface area contributed by atoms with Gasteiger partial charge in [-0.1, -0.05) is 64.8 Å². The highest BCUT2D eigenvalue weighted by molar-refractivity contribution is 5.97. The molecule has 324 valence electrons. The minimum Gasteiger partial charge on any atom is -0.508 e. The summed E-state index contributed by atoms with van der Waals surface area (Å²) in [5.74, 6) is -2.65. The van der Waals surface area contributed by atoms with Gasteiger partial charge in [-0.05, 0) is 107 Å². The second-order valence-electron chi connectivity index (χ2n) is 16.7. The smallest absolute Gasteiger partial charge is 0.245 e. The Bertz CT molecular complexity index is 1570. The molecule has 1 aromatic carbocycles. The first kappa shape index (κ1) is 48.2. The summed E-state index contributed by atoms with van der Waals surface area (Å²) in [6, 6.07) is 0.408. The molecule has 0 aromatic heterocycles. The number of unbranched alkanes of at least 4 members (excludes halogenated alkanes) is 1. The van der Waals surface area contributed by atoms with Gasteiger partial charge >= 0.3 is 0 Å². The Morgan fingerprint density at radius 2 is 1.76 bits per heavy atom. The second kappa shape index (κ2) is 24.7. The molecule has 0 radical (unpaired) electrons. The van der Waals surface area contributed by atoms with Crippen LogP contribution in [-0.4, -0.2) is 102 Å². The molecule has 1 fully saturated rings. The number of fused-ring (bicyclic) bond motifs is 3. The van der Waals surface area contributed by atoms with Crippen molar-refractivity contribution in [3.63, 3.8) is 0 Å². The van der Waals surface area contributed by atoms with Crippen LogP contribution in [0.15, 0.2) is 30.4 Å². The zero-order valence-electron chi connectivity index (χ0n) is 35.5. The van der Waals surface area contributed by atoms with Crippen LogP contribution in [-0.2, 0) is 41.6 Å². The van der Waals surface area contributed by atoms with E-state index in [0.717, 1.165) is 13.0 Å². The van der Waals surface area contributed by atoms with Gasteiger partial charge in [0.25, 0.3) is 0 Å². The van der Waals surface area contributed by atoms with Gasteiger partial charge in [0.05, 0.1) is 12.1 Å². The van der Waals surface area contributed by atoms with Crippen molar-refractivity contribution in [3.8, 4) is 5.75 Å². The number of amides is 4. The van der Waals surface area contributed by atoms with E-state index in [9.17, 15) is 33.9 Å². The molecule has 14 heteroatoms. The monoisotopic (exact) mass is 810 g/mol. The summed E-state index contributed by atoms with van der Waals surface area (Å²) in [5.41, 5.74) is 13.3. The van der Waals surface area contributed by atoms with E-state index in [1.165, 1.54) is 11.8 Å². The van der Waals surface area contributed by atoms with Gasteiger partial charge in [-0.2, -0.15) is 0 Å². The number of nitrogens with two attached hydrogens (primary N) is 2. The number of aromatic hydroxyl groups is 1.